The lowest BCUT2D eigenvalue weighted by Gasteiger charge is -2.21. The third-order valence-corrected chi connectivity index (χ3v) is 4.30. The Morgan fingerprint density at radius 1 is 1.17 bits per heavy atom. The van der Waals surface area contributed by atoms with Crippen molar-refractivity contribution in [1.29, 1.82) is 0 Å². The molecule has 1 unspecified atom stereocenters. The van der Waals surface area contributed by atoms with E-state index in [0.717, 1.165) is 5.75 Å². The second-order valence-corrected chi connectivity index (χ2v) is 5.67. The minimum absolute atomic E-state index is 0.187. The van der Waals surface area contributed by atoms with Crippen molar-refractivity contribution in [3.8, 4) is 5.75 Å². The van der Waals surface area contributed by atoms with Gasteiger partial charge < -0.3 is 10.5 Å². The predicted molar refractivity (Wildman–Crippen MR) is 76.1 cm³/mol. The Morgan fingerprint density at radius 3 is 2.44 bits per heavy atom. The smallest absolute Gasteiger partial charge is 0.125 e. The molecule has 100 valence electrons. The number of nitrogens with two attached hydrogens (primary N) is 1. The summed E-state index contributed by atoms with van der Waals surface area (Å²) in [4.78, 5) is 0. The third kappa shape index (κ3) is 2.86. The monoisotopic (exact) mass is 247 g/mol. The van der Waals surface area contributed by atoms with Gasteiger partial charge in [0.25, 0.3) is 0 Å². The summed E-state index contributed by atoms with van der Waals surface area (Å²) in [5.41, 5.74) is 9.97. The van der Waals surface area contributed by atoms with Gasteiger partial charge in [-0.25, -0.2) is 0 Å². The van der Waals surface area contributed by atoms with E-state index in [1.165, 1.54) is 42.4 Å². The number of ether oxygens (including phenoxy) is 1. The molecule has 0 radical (unpaired) electrons. The van der Waals surface area contributed by atoms with Gasteiger partial charge in [0, 0.05) is 6.04 Å². The van der Waals surface area contributed by atoms with Crippen LogP contribution in [0.4, 0.5) is 0 Å². The maximum absolute atomic E-state index is 6.24. The van der Waals surface area contributed by atoms with Gasteiger partial charge in [0.15, 0.2) is 0 Å². The Balaban J connectivity index is 1.99. The molecule has 1 aromatic carbocycles. The Hall–Kier alpha value is -1.02. The molecule has 0 spiro atoms. The van der Waals surface area contributed by atoms with Gasteiger partial charge in [-0.2, -0.15) is 0 Å². The van der Waals surface area contributed by atoms with Crippen LogP contribution in [0.25, 0.3) is 0 Å². The van der Waals surface area contributed by atoms with E-state index in [1.807, 2.05) is 0 Å². The minimum Gasteiger partial charge on any atom is -0.491 e. The zero-order valence-electron chi connectivity index (χ0n) is 11.8. The van der Waals surface area contributed by atoms with E-state index < -0.39 is 0 Å². The molecule has 0 aromatic heterocycles. The lowest BCUT2D eigenvalue weighted by Crippen LogP contribution is -2.34. The largest absolute Gasteiger partial charge is 0.491 e. The van der Waals surface area contributed by atoms with Crippen LogP contribution >= 0.6 is 0 Å². The molecule has 2 rings (SSSR count). The normalized spacial score (nSPS) is 18.0. The molecule has 1 aromatic rings. The van der Waals surface area contributed by atoms with Crippen LogP contribution in [0, 0.1) is 26.7 Å². The van der Waals surface area contributed by atoms with Crippen molar-refractivity contribution in [2.24, 2.45) is 11.7 Å². The fourth-order valence-corrected chi connectivity index (χ4v) is 2.85. The van der Waals surface area contributed by atoms with Crippen molar-refractivity contribution in [2.45, 2.75) is 52.5 Å². The molecule has 1 aliphatic rings. The highest BCUT2D eigenvalue weighted by Gasteiger charge is 2.22. The molecule has 1 saturated carbocycles. The molecule has 18 heavy (non-hydrogen) atoms. The van der Waals surface area contributed by atoms with Crippen LogP contribution in [-0.4, -0.2) is 12.6 Å². The van der Waals surface area contributed by atoms with Gasteiger partial charge in [0.05, 0.1) is 0 Å². The highest BCUT2D eigenvalue weighted by atomic mass is 16.5. The number of aryl methyl sites for hydroxylation is 2. The summed E-state index contributed by atoms with van der Waals surface area (Å²) in [7, 11) is 0. The van der Waals surface area contributed by atoms with Crippen LogP contribution in [0.5, 0.6) is 5.75 Å². The van der Waals surface area contributed by atoms with E-state index in [1.54, 1.807) is 0 Å². The molecule has 0 bridgehead atoms. The molecular formula is C16H25NO. The Morgan fingerprint density at radius 2 is 1.78 bits per heavy atom. The van der Waals surface area contributed by atoms with Crippen LogP contribution in [0.2, 0.25) is 0 Å². The molecule has 0 amide bonds. The first-order valence-corrected chi connectivity index (χ1v) is 7.04. The second-order valence-electron chi connectivity index (χ2n) is 5.67. The van der Waals surface area contributed by atoms with Crippen molar-refractivity contribution in [2.75, 3.05) is 6.61 Å². The van der Waals surface area contributed by atoms with Crippen molar-refractivity contribution >= 4 is 0 Å². The number of hydrogen-bond donors (Lipinski definition) is 1. The zero-order chi connectivity index (χ0) is 13.1. The SMILES string of the molecule is Cc1ccc(C)c(OCC(N)C2CCCC2)c1C. The van der Waals surface area contributed by atoms with Gasteiger partial charge >= 0.3 is 0 Å². The lowest BCUT2D eigenvalue weighted by atomic mass is 9.99. The van der Waals surface area contributed by atoms with Crippen LogP contribution in [0.15, 0.2) is 12.1 Å². The first-order valence-electron chi connectivity index (χ1n) is 7.04. The Labute approximate surface area is 111 Å². The number of rotatable bonds is 4. The van der Waals surface area contributed by atoms with Crippen LogP contribution in [0.1, 0.15) is 42.4 Å². The summed E-state index contributed by atoms with van der Waals surface area (Å²) in [5, 5.41) is 0. The van der Waals surface area contributed by atoms with E-state index >= 15 is 0 Å². The zero-order valence-corrected chi connectivity index (χ0v) is 11.8. The van der Waals surface area contributed by atoms with Crippen molar-refractivity contribution in [3.05, 3.63) is 28.8 Å². The summed E-state index contributed by atoms with van der Waals surface area (Å²) in [6.45, 7) is 7.00. The fraction of sp³-hybridized carbons (Fsp3) is 0.625. The van der Waals surface area contributed by atoms with Crippen LogP contribution in [0.3, 0.4) is 0 Å². The highest BCUT2D eigenvalue weighted by Crippen LogP contribution is 2.29. The average Bonchev–Trinajstić information content (AvgIpc) is 2.87. The van der Waals surface area contributed by atoms with Crippen molar-refractivity contribution in [3.63, 3.8) is 0 Å². The molecule has 2 N–H and O–H groups in total. The van der Waals surface area contributed by atoms with Crippen molar-refractivity contribution in [1.82, 2.24) is 0 Å². The van der Waals surface area contributed by atoms with E-state index in [0.29, 0.717) is 12.5 Å². The quantitative estimate of drug-likeness (QED) is 0.883. The summed E-state index contributed by atoms with van der Waals surface area (Å²) in [6.07, 6.45) is 5.22. The predicted octanol–water partition coefficient (Wildman–Crippen LogP) is 3.51. The topological polar surface area (TPSA) is 35.2 Å². The Kier molecular flexibility index (Phi) is 4.28. The molecule has 0 aliphatic heterocycles. The number of hydrogen-bond acceptors (Lipinski definition) is 2. The van der Waals surface area contributed by atoms with Gasteiger partial charge in [0.1, 0.15) is 12.4 Å². The average molecular weight is 247 g/mol. The molecule has 2 heteroatoms. The molecule has 1 aliphatic carbocycles. The summed E-state index contributed by atoms with van der Waals surface area (Å²) < 4.78 is 6.00. The Bertz CT molecular complexity index is 408. The van der Waals surface area contributed by atoms with E-state index in [9.17, 15) is 0 Å². The van der Waals surface area contributed by atoms with Gasteiger partial charge in [-0.1, -0.05) is 25.0 Å². The molecule has 0 saturated heterocycles. The lowest BCUT2D eigenvalue weighted by molar-refractivity contribution is 0.244. The van der Waals surface area contributed by atoms with Gasteiger partial charge in [-0.3, -0.25) is 0 Å². The number of benzene rings is 1. The second kappa shape index (κ2) is 5.75. The van der Waals surface area contributed by atoms with E-state index in [2.05, 4.69) is 32.9 Å². The maximum Gasteiger partial charge on any atom is 0.125 e. The van der Waals surface area contributed by atoms with Crippen LogP contribution in [-0.2, 0) is 0 Å². The summed E-state index contributed by atoms with van der Waals surface area (Å²) in [6, 6.07) is 4.46. The van der Waals surface area contributed by atoms with E-state index in [4.69, 9.17) is 10.5 Å². The molecule has 0 heterocycles. The van der Waals surface area contributed by atoms with Gasteiger partial charge in [-0.05, 0) is 56.2 Å². The first kappa shape index (κ1) is 13.4. The minimum atomic E-state index is 0.187. The van der Waals surface area contributed by atoms with Crippen LogP contribution < -0.4 is 10.5 Å². The fourth-order valence-electron chi connectivity index (χ4n) is 2.85. The van der Waals surface area contributed by atoms with E-state index in [-0.39, 0.29) is 6.04 Å². The summed E-state index contributed by atoms with van der Waals surface area (Å²) in [5.74, 6) is 1.69. The molecule has 2 nitrogen and oxygen atoms in total. The molecule has 1 fully saturated rings. The standard InChI is InChI=1S/C16H25NO/c1-11-8-9-12(2)16(13(11)3)18-10-15(17)14-6-4-5-7-14/h8-9,14-15H,4-7,10,17H2,1-3H3. The van der Waals surface area contributed by atoms with Crippen molar-refractivity contribution < 1.29 is 4.74 Å². The van der Waals surface area contributed by atoms with Gasteiger partial charge in [0.2, 0.25) is 0 Å². The molecule has 1 atom stereocenters. The summed E-state index contributed by atoms with van der Waals surface area (Å²) >= 11 is 0. The third-order valence-electron chi connectivity index (χ3n) is 4.30. The maximum atomic E-state index is 6.24. The first-order chi connectivity index (χ1) is 8.59. The molecular weight excluding hydrogens is 222 g/mol. The highest BCUT2D eigenvalue weighted by molar-refractivity contribution is 5.44. The van der Waals surface area contributed by atoms with Gasteiger partial charge in [-0.15, -0.1) is 0 Å².